The maximum atomic E-state index is 10.6. The van der Waals surface area contributed by atoms with Gasteiger partial charge in [-0.2, -0.15) is 8.42 Å². The highest BCUT2D eigenvalue weighted by molar-refractivity contribution is 7.86. The summed E-state index contributed by atoms with van der Waals surface area (Å²) in [5, 5.41) is 30.5. The van der Waals surface area contributed by atoms with E-state index in [-0.39, 0.29) is 32.1 Å². The van der Waals surface area contributed by atoms with Crippen LogP contribution in [0.2, 0.25) is 0 Å². The second kappa shape index (κ2) is 7.37. The summed E-state index contributed by atoms with van der Waals surface area (Å²) in [7, 11) is -4.47. The number of aliphatic hydroxyl groups excluding tert-OH is 3. The van der Waals surface area contributed by atoms with Crippen molar-refractivity contribution in [3.8, 4) is 0 Å². The molecule has 0 bridgehead atoms. The van der Waals surface area contributed by atoms with Gasteiger partial charge >= 0.3 is 0 Å². The zero-order chi connectivity index (χ0) is 14.4. The Hall–Kier alpha value is -0.250. The fourth-order valence-corrected chi connectivity index (χ4v) is 2.17. The summed E-state index contributed by atoms with van der Waals surface area (Å²) in [4.78, 5) is 0. The molecular formula is C10H23NO6S. The first-order valence-corrected chi connectivity index (χ1v) is 7.28. The molecule has 0 heterocycles. The minimum absolute atomic E-state index is 0.0504. The molecule has 0 aliphatic carbocycles. The first kappa shape index (κ1) is 17.8. The van der Waals surface area contributed by atoms with Crippen molar-refractivity contribution < 1.29 is 28.3 Å². The predicted octanol–water partition coefficient (Wildman–Crippen LogP) is -1.06. The molecule has 7 nitrogen and oxygen atoms in total. The SMILES string of the molecule is CC(C)CC(CO)(CO)NCCC(O)S(=O)(=O)O. The third-order valence-corrected chi connectivity index (χ3v) is 3.56. The monoisotopic (exact) mass is 285 g/mol. The molecule has 0 fully saturated rings. The highest BCUT2D eigenvalue weighted by atomic mass is 32.2. The molecule has 5 N–H and O–H groups in total. The molecule has 0 aromatic carbocycles. The largest absolute Gasteiger partial charge is 0.394 e. The van der Waals surface area contributed by atoms with Gasteiger partial charge in [-0.1, -0.05) is 13.8 Å². The van der Waals surface area contributed by atoms with Crippen molar-refractivity contribution >= 4 is 10.1 Å². The van der Waals surface area contributed by atoms with E-state index >= 15 is 0 Å². The van der Waals surface area contributed by atoms with Crippen molar-refractivity contribution in [2.45, 2.75) is 37.7 Å². The molecule has 0 aromatic rings. The lowest BCUT2D eigenvalue weighted by molar-refractivity contribution is 0.0719. The van der Waals surface area contributed by atoms with Crippen LogP contribution in [0.1, 0.15) is 26.7 Å². The molecule has 110 valence electrons. The molecular weight excluding hydrogens is 262 g/mol. The van der Waals surface area contributed by atoms with Gasteiger partial charge in [-0.25, -0.2) is 0 Å². The van der Waals surface area contributed by atoms with Crippen molar-refractivity contribution in [1.82, 2.24) is 5.32 Å². The van der Waals surface area contributed by atoms with Gasteiger partial charge in [0.25, 0.3) is 10.1 Å². The van der Waals surface area contributed by atoms with E-state index in [1.54, 1.807) is 0 Å². The van der Waals surface area contributed by atoms with Gasteiger partial charge in [0, 0.05) is 6.42 Å². The van der Waals surface area contributed by atoms with Gasteiger partial charge in [-0.3, -0.25) is 4.55 Å². The lowest BCUT2D eigenvalue weighted by Gasteiger charge is -2.33. The number of aliphatic hydroxyl groups is 3. The second-order valence-electron chi connectivity index (χ2n) is 4.88. The van der Waals surface area contributed by atoms with E-state index in [1.807, 2.05) is 13.8 Å². The molecule has 0 radical (unpaired) electrons. The summed E-state index contributed by atoms with van der Waals surface area (Å²) >= 11 is 0. The predicted molar refractivity (Wildman–Crippen MR) is 66.5 cm³/mol. The summed E-state index contributed by atoms with van der Waals surface area (Å²) in [6.45, 7) is 3.30. The molecule has 0 amide bonds. The summed E-state index contributed by atoms with van der Waals surface area (Å²) in [5.41, 5.74) is -2.77. The van der Waals surface area contributed by atoms with E-state index in [4.69, 9.17) is 9.66 Å². The maximum Gasteiger partial charge on any atom is 0.292 e. The minimum atomic E-state index is -4.47. The van der Waals surface area contributed by atoms with Gasteiger partial charge in [-0.05, 0) is 18.9 Å². The van der Waals surface area contributed by atoms with Gasteiger partial charge in [-0.15, -0.1) is 0 Å². The fraction of sp³-hybridized carbons (Fsp3) is 1.00. The highest BCUT2D eigenvalue weighted by Gasteiger charge is 2.29. The average Bonchev–Trinajstić information content (AvgIpc) is 2.25. The Kier molecular flexibility index (Phi) is 7.26. The van der Waals surface area contributed by atoms with Crippen LogP contribution in [0.15, 0.2) is 0 Å². The Morgan fingerprint density at radius 2 is 1.72 bits per heavy atom. The molecule has 1 atom stereocenters. The lowest BCUT2D eigenvalue weighted by Crippen LogP contribution is -2.53. The van der Waals surface area contributed by atoms with E-state index in [9.17, 15) is 18.6 Å². The Labute approximate surface area is 108 Å². The van der Waals surface area contributed by atoms with E-state index in [2.05, 4.69) is 5.32 Å². The fourth-order valence-electron chi connectivity index (χ4n) is 1.75. The standard InChI is InChI=1S/C10H23NO6S/c1-8(2)5-10(6-12,7-13)11-4-3-9(14)18(15,16)17/h8-9,11-14H,3-7H2,1-2H3,(H,15,16,17). The van der Waals surface area contributed by atoms with E-state index in [0.29, 0.717) is 6.42 Å². The first-order chi connectivity index (χ1) is 8.17. The Balaban J connectivity index is 4.37. The topological polar surface area (TPSA) is 127 Å². The van der Waals surface area contributed by atoms with Crippen molar-refractivity contribution in [1.29, 1.82) is 0 Å². The smallest absolute Gasteiger partial charge is 0.292 e. The van der Waals surface area contributed by atoms with Crippen LogP contribution in [0.3, 0.4) is 0 Å². The van der Waals surface area contributed by atoms with E-state index in [0.717, 1.165) is 0 Å². The van der Waals surface area contributed by atoms with Crippen molar-refractivity contribution in [3.63, 3.8) is 0 Å². The number of rotatable bonds is 9. The van der Waals surface area contributed by atoms with Crippen LogP contribution in [-0.4, -0.2) is 59.0 Å². The Morgan fingerprint density at radius 3 is 2.06 bits per heavy atom. The van der Waals surface area contributed by atoms with Crippen molar-refractivity contribution in [2.24, 2.45) is 5.92 Å². The molecule has 0 saturated heterocycles. The zero-order valence-electron chi connectivity index (χ0n) is 10.7. The van der Waals surface area contributed by atoms with Crippen LogP contribution in [0.4, 0.5) is 0 Å². The van der Waals surface area contributed by atoms with Gasteiger partial charge in [0.15, 0.2) is 5.44 Å². The van der Waals surface area contributed by atoms with Crippen LogP contribution in [0.5, 0.6) is 0 Å². The normalized spacial score (nSPS) is 15.1. The molecule has 8 heteroatoms. The number of hydrogen-bond acceptors (Lipinski definition) is 6. The molecule has 1 unspecified atom stereocenters. The maximum absolute atomic E-state index is 10.6. The molecule has 0 rings (SSSR count). The Bertz CT molecular complexity index is 325. The summed E-state index contributed by atoms with van der Waals surface area (Å²) in [5.74, 6) is 0.225. The van der Waals surface area contributed by atoms with Crippen LogP contribution in [-0.2, 0) is 10.1 Å². The third kappa shape index (κ3) is 6.07. The zero-order valence-corrected chi connectivity index (χ0v) is 11.5. The van der Waals surface area contributed by atoms with Crippen LogP contribution >= 0.6 is 0 Å². The van der Waals surface area contributed by atoms with Gasteiger partial charge < -0.3 is 20.6 Å². The van der Waals surface area contributed by atoms with Crippen molar-refractivity contribution in [3.05, 3.63) is 0 Å². The van der Waals surface area contributed by atoms with Gasteiger partial charge in [0.1, 0.15) is 0 Å². The third-order valence-electron chi connectivity index (χ3n) is 2.64. The molecule has 0 spiro atoms. The first-order valence-electron chi connectivity index (χ1n) is 5.78. The highest BCUT2D eigenvalue weighted by Crippen LogP contribution is 2.16. The number of nitrogens with one attached hydrogen (secondary N) is 1. The summed E-state index contributed by atoms with van der Waals surface area (Å²) in [6, 6.07) is 0. The Morgan fingerprint density at radius 1 is 1.22 bits per heavy atom. The molecule has 0 saturated carbocycles. The minimum Gasteiger partial charge on any atom is -0.394 e. The quantitative estimate of drug-likeness (QED) is 0.342. The summed E-state index contributed by atoms with van der Waals surface area (Å²) < 4.78 is 29.7. The van der Waals surface area contributed by atoms with Crippen molar-refractivity contribution in [2.75, 3.05) is 19.8 Å². The average molecular weight is 285 g/mol. The number of hydrogen-bond donors (Lipinski definition) is 5. The van der Waals surface area contributed by atoms with Crippen LogP contribution in [0, 0.1) is 5.92 Å². The van der Waals surface area contributed by atoms with Crippen LogP contribution in [0.25, 0.3) is 0 Å². The molecule has 0 aromatic heterocycles. The lowest BCUT2D eigenvalue weighted by atomic mass is 9.90. The van der Waals surface area contributed by atoms with E-state index in [1.165, 1.54) is 0 Å². The van der Waals surface area contributed by atoms with E-state index < -0.39 is 21.1 Å². The van der Waals surface area contributed by atoms with Gasteiger partial charge in [0.2, 0.25) is 0 Å². The molecule has 18 heavy (non-hydrogen) atoms. The molecule has 0 aliphatic heterocycles. The second-order valence-corrected chi connectivity index (χ2v) is 6.45. The summed E-state index contributed by atoms with van der Waals surface area (Å²) in [6.07, 6.45) is 0.278. The van der Waals surface area contributed by atoms with Crippen LogP contribution < -0.4 is 5.32 Å². The molecule has 0 aliphatic rings. The van der Waals surface area contributed by atoms with Gasteiger partial charge in [0.05, 0.1) is 18.8 Å².